The lowest BCUT2D eigenvalue weighted by Gasteiger charge is -2.52. The van der Waals surface area contributed by atoms with E-state index in [0.717, 1.165) is 50.9 Å². The third-order valence-electron chi connectivity index (χ3n) is 8.50. The molecule has 7 nitrogen and oxygen atoms in total. The number of piperidine rings is 1. The van der Waals surface area contributed by atoms with E-state index in [4.69, 9.17) is 0 Å². The number of amides is 3. The summed E-state index contributed by atoms with van der Waals surface area (Å²) >= 11 is 0. The largest absolute Gasteiger partial charge is 0.349 e. The van der Waals surface area contributed by atoms with Gasteiger partial charge in [0.2, 0.25) is 11.8 Å². The molecule has 2 N–H and O–H groups in total. The van der Waals surface area contributed by atoms with Gasteiger partial charge in [-0.25, -0.2) is 0 Å². The molecule has 1 aromatic rings. The van der Waals surface area contributed by atoms with E-state index in [-0.39, 0.29) is 17.7 Å². The number of piperazine rings is 1. The molecule has 3 amide bonds. The smallest absolute Gasteiger partial charge is 0.251 e. The molecule has 0 bridgehead atoms. The Bertz CT molecular complexity index is 931. The predicted molar refractivity (Wildman–Crippen MR) is 146 cm³/mol. The highest BCUT2D eigenvalue weighted by atomic mass is 16.2. The maximum absolute atomic E-state index is 13.4. The molecule has 1 spiro atoms. The van der Waals surface area contributed by atoms with Crippen LogP contribution in [0.1, 0.15) is 101 Å². The van der Waals surface area contributed by atoms with Crippen molar-refractivity contribution in [3.8, 4) is 0 Å². The first-order valence-corrected chi connectivity index (χ1v) is 14.6. The van der Waals surface area contributed by atoms with Crippen molar-refractivity contribution in [1.29, 1.82) is 0 Å². The number of likely N-dealkylation sites (tertiary alicyclic amines) is 1. The van der Waals surface area contributed by atoms with E-state index < -0.39 is 11.6 Å². The van der Waals surface area contributed by atoms with Crippen molar-refractivity contribution in [2.24, 2.45) is 5.92 Å². The molecule has 1 aromatic carbocycles. The molecule has 204 valence electrons. The zero-order chi connectivity index (χ0) is 26.4. The van der Waals surface area contributed by atoms with Crippen LogP contribution in [-0.4, -0.2) is 64.8 Å². The molecule has 2 aliphatic heterocycles. The molecule has 0 aromatic heterocycles. The Morgan fingerprint density at radius 2 is 1.76 bits per heavy atom. The Balaban J connectivity index is 1.35. The van der Waals surface area contributed by atoms with Crippen molar-refractivity contribution >= 4 is 17.7 Å². The third kappa shape index (κ3) is 6.54. The van der Waals surface area contributed by atoms with E-state index in [1.165, 1.54) is 19.3 Å². The first-order chi connectivity index (χ1) is 17.8. The summed E-state index contributed by atoms with van der Waals surface area (Å²) in [5.41, 5.74) is 1.15. The van der Waals surface area contributed by atoms with E-state index in [1.807, 2.05) is 29.2 Å². The average Bonchev–Trinajstić information content (AvgIpc) is 2.89. The number of rotatable bonds is 9. The number of benzene rings is 1. The average molecular weight is 511 g/mol. The van der Waals surface area contributed by atoms with Crippen LogP contribution in [0.15, 0.2) is 24.3 Å². The summed E-state index contributed by atoms with van der Waals surface area (Å²) in [4.78, 5) is 43.8. The van der Waals surface area contributed by atoms with Crippen molar-refractivity contribution < 1.29 is 14.4 Å². The van der Waals surface area contributed by atoms with Gasteiger partial charge in [0.1, 0.15) is 11.6 Å². The van der Waals surface area contributed by atoms with Gasteiger partial charge in [-0.3, -0.25) is 19.3 Å². The van der Waals surface area contributed by atoms with Gasteiger partial charge in [-0.2, -0.15) is 0 Å². The molecule has 3 fully saturated rings. The summed E-state index contributed by atoms with van der Waals surface area (Å²) in [7, 11) is 0. The minimum Gasteiger partial charge on any atom is -0.349 e. The van der Waals surface area contributed by atoms with Gasteiger partial charge in [0.15, 0.2) is 0 Å². The first kappa shape index (κ1) is 27.6. The number of carbonyl (C=O) groups is 3. The van der Waals surface area contributed by atoms with E-state index in [1.54, 1.807) is 0 Å². The van der Waals surface area contributed by atoms with Crippen molar-refractivity contribution in [2.45, 2.75) is 109 Å². The Hall–Kier alpha value is -2.41. The minimum absolute atomic E-state index is 0.0225. The monoisotopic (exact) mass is 510 g/mol. The van der Waals surface area contributed by atoms with Gasteiger partial charge in [0, 0.05) is 37.8 Å². The lowest BCUT2D eigenvalue weighted by Crippen LogP contribution is -2.73. The fourth-order valence-electron chi connectivity index (χ4n) is 6.26. The highest BCUT2D eigenvalue weighted by molar-refractivity contribution is 6.00. The van der Waals surface area contributed by atoms with E-state index >= 15 is 0 Å². The quantitative estimate of drug-likeness (QED) is 0.520. The fraction of sp³-hybridized carbons (Fsp3) is 0.700. The van der Waals surface area contributed by atoms with Crippen LogP contribution in [0.5, 0.6) is 0 Å². The van der Waals surface area contributed by atoms with E-state index in [9.17, 15) is 14.4 Å². The minimum atomic E-state index is -0.725. The van der Waals surface area contributed by atoms with Crippen LogP contribution in [0.3, 0.4) is 0 Å². The van der Waals surface area contributed by atoms with Crippen LogP contribution in [0, 0.1) is 5.92 Å². The molecule has 7 heteroatoms. The van der Waals surface area contributed by atoms with Gasteiger partial charge in [-0.1, -0.05) is 58.6 Å². The normalized spacial score (nSPS) is 22.9. The highest BCUT2D eigenvalue weighted by Crippen LogP contribution is 2.34. The lowest BCUT2D eigenvalue weighted by molar-refractivity contribution is -0.161. The van der Waals surface area contributed by atoms with Gasteiger partial charge in [-0.15, -0.1) is 0 Å². The summed E-state index contributed by atoms with van der Waals surface area (Å²) in [6.45, 7) is 9.27. The Kier molecular flexibility index (Phi) is 9.27. The maximum Gasteiger partial charge on any atom is 0.251 e. The van der Waals surface area contributed by atoms with Crippen molar-refractivity contribution in [1.82, 2.24) is 20.4 Å². The number of nitrogens with zero attached hydrogens (tertiary/aromatic N) is 2. The van der Waals surface area contributed by atoms with Crippen molar-refractivity contribution in [3.05, 3.63) is 35.4 Å². The second-order valence-corrected chi connectivity index (χ2v) is 11.8. The summed E-state index contributed by atoms with van der Waals surface area (Å²) in [5, 5.41) is 6.28. The summed E-state index contributed by atoms with van der Waals surface area (Å²) in [6, 6.07) is 7.84. The fourth-order valence-corrected chi connectivity index (χ4v) is 6.26. The van der Waals surface area contributed by atoms with Gasteiger partial charge in [0.05, 0.1) is 0 Å². The molecule has 0 unspecified atom stereocenters. The summed E-state index contributed by atoms with van der Waals surface area (Å²) < 4.78 is 0. The Morgan fingerprint density at radius 1 is 1.08 bits per heavy atom. The molecule has 3 aliphatic rings. The molecule has 1 saturated carbocycles. The Morgan fingerprint density at radius 3 is 2.38 bits per heavy atom. The number of nitrogens with one attached hydrogen (secondary N) is 2. The molecule has 4 rings (SSSR count). The standard InChI is InChI=1S/C30H46N4O3/c1-4-5-17-34-28(36)26(20-22(2)3)32-29(37)30(34)15-18-33(19-16-30)21-23-11-13-24(14-12-23)27(35)31-25-9-7-6-8-10-25/h11-14,22,25-26H,4-10,15-21H2,1-3H3,(H,31,35)(H,32,37)/t26-/m0/s1. The second kappa shape index (κ2) is 12.4. The summed E-state index contributed by atoms with van der Waals surface area (Å²) in [6.07, 6.45) is 9.75. The number of carbonyl (C=O) groups excluding carboxylic acids is 3. The maximum atomic E-state index is 13.4. The third-order valence-corrected chi connectivity index (χ3v) is 8.50. The summed E-state index contributed by atoms with van der Waals surface area (Å²) in [5.74, 6) is 0.497. The van der Waals surface area contributed by atoms with Gasteiger partial charge < -0.3 is 15.5 Å². The van der Waals surface area contributed by atoms with Crippen LogP contribution in [0.4, 0.5) is 0 Å². The van der Waals surface area contributed by atoms with E-state index in [2.05, 4.69) is 36.3 Å². The molecule has 2 heterocycles. The molecule has 37 heavy (non-hydrogen) atoms. The number of unbranched alkanes of at least 4 members (excludes halogenated alkanes) is 1. The van der Waals surface area contributed by atoms with Crippen molar-refractivity contribution in [3.63, 3.8) is 0 Å². The van der Waals surface area contributed by atoms with Gasteiger partial charge in [0.25, 0.3) is 5.91 Å². The number of hydrogen-bond donors (Lipinski definition) is 2. The molecular weight excluding hydrogens is 464 g/mol. The predicted octanol–water partition coefficient (Wildman–Crippen LogP) is 4.26. The Labute approximate surface area is 222 Å². The SMILES string of the molecule is CCCCN1C(=O)[C@H](CC(C)C)NC(=O)C12CCN(Cc1ccc(C(=O)NC3CCCCC3)cc1)CC2. The second-order valence-electron chi connectivity index (χ2n) is 11.8. The zero-order valence-corrected chi connectivity index (χ0v) is 23.1. The van der Waals surface area contributed by atoms with Gasteiger partial charge in [-0.05, 0) is 62.1 Å². The van der Waals surface area contributed by atoms with Gasteiger partial charge >= 0.3 is 0 Å². The topological polar surface area (TPSA) is 81.8 Å². The van der Waals surface area contributed by atoms with Crippen LogP contribution in [0.25, 0.3) is 0 Å². The molecule has 2 saturated heterocycles. The van der Waals surface area contributed by atoms with E-state index in [0.29, 0.717) is 43.3 Å². The molecule has 1 atom stereocenters. The lowest BCUT2D eigenvalue weighted by atomic mass is 9.80. The molecule has 1 aliphatic carbocycles. The van der Waals surface area contributed by atoms with Crippen LogP contribution >= 0.6 is 0 Å². The molecule has 0 radical (unpaired) electrons. The van der Waals surface area contributed by atoms with Crippen LogP contribution < -0.4 is 10.6 Å². The molecular formula is C30H46N4O3. The van der Waals surface area contributed by atoms with Crippen molar-refractivity contribution in [2.75, 3.05) is 19.6 Å². The highest BCUT2D eigenvalue weighted by Gasteiger charge is 2.53. The zero-order valence-electron chi connectivity index (χ0n) is 23.1. The van der Waals surface area contributed by atoms with Crippen LogP contribution in [0.2, 0.25) is 0 Å². The first-order valence-electron chi connectivity index (χ1n) is 14.6. The number of hydrogen-bond acceptors (Lipinski definition) is 4. The van der Waals surface area contributed by atoms with Crippen LogP contribution in [-0.2, 0) is 16.1 Å².